The van der Waals surface area contributed by atoms with Crippen molar-refractivity contribution in [1.29, 1.82) is 5.26 Å². The lowest BCUT2D eigenvalue weighted by Gasteiger charge is -2.32. The van der Waals surface area contributed by atoms with E-state index in [9.17, 15) is 24.8 Å². The summed E-state index contributed by atoms with van der Waals surface area (Å²) in [6, 6.07) is 0.293. The average molecular weight is 570 g/mol. The van der Waals surface area contributed by atoms with Crippen molar-refractivity contribution >= 4 is 29.9 Å². The summed E-state index contributed by atoms with van der Waals surface area (Å²) in [6.07, 6.45) is -1.37. The second kappa shape index (κ2) is 12.4. The number of aliphatic hydroxyl groups is 1. The van der Waals surface area contributed by atoms with Crippen LogP contribution in [0.3, 0.4) is 0 Å². The van der Waals surface area contributed by atoms with E-state index >= 15 is 0 Å². The first-order valence-electron chi connectivity index (χ1n) is 12.5. The zero-order valence-electron chi connectivity index (χ0n) is 23.9. The minimum Gasteiger partial charge on any atom is -0.514 e. The number of hydrogen-bond acceptors (Lipinski definition) is 11. The molecule has 12 nitrogen and oxygen atoms in total. The highest BCUT2D eigenvalue weighted by Crippen LogP contribution is 2.45. The number of nitrogens with zero attached hydrogens (tertiary/aromatic N) is 2. The highest BCUT2D eigenvalue weighted by molar-refractivity contribution is 7.99. The van der Waals surface area contributed by atoms with E-state index in [1.807, 2.05) is 6.07 Å². The number of carbonyl (C=O) groups excluding carboxylic acids is 3. The Morgan fingerprint density at radius 1 is 1.21 bits per heavy atom. The molecular formula is C26H39N3O9S. The lowest BCUT2D eigenvalue weighted by atomic mass is 10.2. The normalized spacial score (nSPS) is 21.4. The quantitative estimate of drug-likeness (QED) is 0.142. The largest absolute Gasteiger partial charge is 0.514 e. The van der Waals surface area contributed by atoms with Crippen molar-refractivity contribution in [2.24, 2.45) is 0 Å². The van der Waals surface area contributed by atoms with Crippen molar-refractivity contribution in [3.63, 3.8) is 0 Å². The number of nitriles is 1. The minimum atomic E-state index is -1.03. The van der Waals surface area contributed by atoms with Gasteiger partial charge < -0.3 is 34.1 Å². The van der Waals surface area contributed by atoms with Crippen LogP contribution in [0.2, 0.25) is 0 Å². The van der Waals surface area contributed by atoms with Gasteiger partial charge in [-0.3, -0.25) is 4.90 Å². The molecule has 0 spiro atoms. The Morgan fingerprint density at radius 3 is 2.33 bits per heavy atom. The van der Waals surface area contributed by atoms with Gasteiger partial charge in [0.25, 0.3) is 0 Å². The molecule has 0 bridgehead atoms. The summed E-state index contributed by atoms with van der Waals surface area (Å²) in [4.78, 5) is 39.1. The molecule has 3 atom stereocenters. The SMILES string of the molecule is COC(=O)C(CCSCC1C2OC(C)(C)OC2=C(C(C#N)=CO)N1C(=O)OC(C)(C)C)NC(=O)OC(C)(C)C. The molecule has 1 saturated heterocycles. The molecule has 2 N–H and O–H groups in total. The molecule has 39 heavy (non-hydrogen) atoms. The third-order valence-electron chi connectivity index (χ3n) is 5.29. The molecule has 0 aliphatic carbocycles. The van der Waals surface area contributed by atoms with E-state index in [0.717, 1.165) is 0 Å². The van der Waals surface area contributed by atoms with Gasteiger partial charge in [0, 0.05) is 19.6 Å². The number of alkyl carbamates (subject to hydrolysis) is 1. The predicted octanol–water partition coefficient (Wildman–Crippen LogP) is 4.12. The fourth-order valence-corrected chi connectivity index (χ4v) is 5.05. The van der Waals surface area contributed by atoms with E-state index in [1.54, 1.807) is 55.4 Å². The van der Waals surface area contributed by atoms with Crippen molar-refractivity contribution < 1.29 is 43.2 Å². The summed E-state index contributed by atoms with van der Waals surface area (Å²) in [7, 11) is 1.23. The number of nitrogens with one attached hydrogen (secondary N) is 1. The number of aliphatic hydroxyl groups excluding tert-OH is 1. The zero-order valence-corrected chi connectivity index (χ0v) is 24.8. The molecule has 1 fully saturated rings. The third kappa shape index (κ3) is 8.69. The number of carbonyl (C=O) groups is 3. The first-order chi connectivity index (χ1) is 17.9. The Morgan fingerprint density at radius 2 is 1.82 bits per heavy atom. The van der Waals surface area contributed by atoms with Crippen LogP contribution in [0, 0.1) is 11.3 Å². The number of esters is 1. The molecule has 0 aromatic rings. The van der Waals surface area contributed by atoms with Gasteiger partial charge in [0.1, 0.15) is 40.7 Å². The Kier molecular flexibility index (Phi) is 10.2. The Balaban J connectivity index is 2.25. The van der Waals surface area contributed by atoms with Crippen LogP contribution < -0.4 is 5.32 Å². The first kappa shape index (κ1) is 32.1. The summed E-state index contributed by atoms with van der Waals surface area (Å²) in [5.41, 5.74) is -1.67. The van der Waals surface area contributed by atoms with Crippen LogP contribution >= 0.6 is 11.8 Å². The van der Waals surface area contributed by atoms with Crippen molar-refractivity contribution in [3.05, 3.63) is 23.3 Å². The van der Waals surface area contributed by atoms with E-state index in [4.69, 9.17) is 23.7 Å². The summed E-state index contributed by atoms with van der Waals surface area (Å²) in [6.45, 7) is 13.7. The molecule has 3 unspecified atom stereocenters. The van der Waals surface area contributed by atoms with E-state index < -0.39 is 53.3 Å². The maximum atomic E-state index is 13.3. The Bertz CT molecular complexity index is 1050. The summed E-state index contributed by atoms with van der Waals surface area (Å²) in [5, 5.41) is 22.0. The standard InChI is InChI=1S/C26H39N3O9S/c1-24(2,3)37-22(32)28-16(21(31)34-9)10-11-39-14-17-19-20(36-26(7,8)35-19)18(15(12-27)13-30)29(17)23(33)38-25(4,5)6/h13,16-17,19,30H,10-11,14H2,1-9H3,(H,28,32). The van der Waals surface area contributed by atoms with Gasteiger partial charge in [-0.1, -0.05) is 0 Å². The number of rotatable bonds is 8. The molecule has 218 valence electrons. The number of allylic oxidation sites excluding steroid dienone is 1. The van der Waals surface area contributed by atoms with Crippen LogP contribution in [-0.4, -0.2) is 82.0 Å². The molecule has 0 radical (unpaired) electrons. The van der Waals surface area contributed by atoms with Crippen LogP contribution in [0.25, 0.3) is 0 Å². The zero-order chi connectivity index (χ0) is 29.8. The molecule has 2 rings (SSSR count). The van der Waals surface area contributed by atoms with Crippen LogP contribution in [0.15, 0.2) is 23.3 Å². The second-order valence-electron chi connectivity index (χ2n) is 11.4. The van der Waals surface area contributed by atoms with Crippen molar-refractivity contribution in [2.45, 2.75) is 97.0 Å². The Hall–Kier alpha value is -3.11. The number of hydrogen-bond donors (Lipinski definition) is 2. The molecule has 13 heteroatoms. The van der Waals surface area contributed by atoms with Crippen molar-refractivity contribution in [1.82, 2.24) is 10.2 Å². The molecule has 0 saturated carbocycles. The average Bonchev–Trinajstić information content (AvgIpc) is 3.24. The predicted molar refractivity (Wildman–Crippen MR) is 142 cm³/mol. The number of thioether (sulfide) groups is 1. The first-order valence-corrected chi connectivity index (χ1v) is 13.6. The van der Waals surface area contributed by atoms with Crippen LogP contribution in [0.4, 0.5) is 9.59 Å². The van der Waals surface area contributed by atoms with Gasteiger partial charge in [0.05, 0.1) is 19.4 Å². The number of methoxy groups -OCH3 is 1. The van der Waals surface area contributed by atoms with Gasteiger partial charge in [-0.2, -0.15) is 17.0 Å². The molecule has 0 aromatic heterocycles. The topological polar surface area (TPSA) is 157 Å². The van der Waals surface area contributed by atoms with Gasteiger partial charge in [0.2, 0.25) is 5.79 Å². The lowest BCUT2D eigenvalue weighted by Crippen LogP contribution is -2.47. The maximum absolute atomic E-state index is 13.3. The molecule has 0 aromatic carbocycles. The number of amides is 2. The van der Waals surface area contributed by atoms with Crippen LogP contribution in [-0.2, 0) is 28.5 Å². The molecule has 2 aliphatic heterocycles. The Labute approximate surface area is 233 Å². The monoisotopic (exact) mass is 569 g/mol. The van der Waals surface area contributed by atoms with Gasteiger partial charge in [-0.25, -0.2) is 14.4 Å². The van der Waals surface area contributed by atoms with Gasteiger partial charge >= 0.3 is 18.2 Å². The van der Waals surface area contributed by atoms with E-state index in [-0.39, 0.29) is 23.5 Å². The smallest absolute Gasteiger partial charge is 0.415 e. The van der Waals surface area contributed by atoms with Crippen molar-refractivity contribution in [3.8, 4) is 6.07 Å². The van der Waals surface area contributed by atoms with Gasteiger partial charge in [-0.05, 0) is 53.7 Å². The molecule has 2 aliphatic rings. The minimum absolute atomic E-state index is 0.0782. The number of fused-ring (bicyclic) bond motifs is 1. The van der Waals surface area contributed by atoms with Crippen molar-refractivity contribution in [2.75, 3.05) is 18.6 Å². The summed E-state index contributed by atoms with van der Waals surface area (Å²) >= 11 is 1.39. The highest BCUT2D eigenvalue weighted by atomic mass is 32.2. The van der Waals surface area contributed by atoms with E-state index in [1.165, 1.54) is 23.8 Å². The third-order valence-corrected chi connectivity index (χ3v) is 6.39. The summed E-state index contributed by atoms with van der Waals surface area (Å²) in [5.74, 6) is -0.725. The second-order valence-corrected chi connectivity index (χ2v) is 12.6. The molecule has 2 amide bonds. The number of ether oxygens (including phenoxy) is 5. The van der Waals surface area contributed by atoms with Gasteiger partial charge in [0.15, 0.2) is 5.76 Å². The fraction of sp³-hybridized carbons (Fsp3) is 0.692. The van der Waals surface area contributed by atoms with Crippen LogP contribution in [0.1, 0.15) is 61.8 Å². The molecular weight excluding hydrogens is 530 g/mol. The van der Waals surface area contributed by atoms with Gasteiger partial charge in [-0.15, -0.1) is 0 Å². The lowest BCUT2D eigenvalue weighted by molar-refractivity contribution is -0.143. The van der Waals surface area contributed by atoms with E-state index in [2.05, 4.69) is 5.32 Å². The highest BCUT2D eigenvalue weighted by Gasteiger charge is 2.55. The summed E-state index contributed by atoms with van der Waals surface area (Å²) < 4.78 is 27.7. The fourth-order valence-electron chi connectivity index (χ4n) is 3.91. The molecule has 2 heterocycles. The van der Waals surface area contributed by atoms with E-state index in [0.29, 0.717) is 17.8 Å². The van der Waals surface area contributed by atoms with Crippen LogP contribution in [0.5, 0.6) is 0 Å². The maximum Gasteiger partial charge on any atom is 0.415 e.